The number of nitrogens with one attached hydrogen (secondary N) is 1. The molecule has 0 aliphatic carbocycles. The summed E-state index contributed by atoms with van der Waals surface area (Å²) in [5.74, 6) is 0.855. The molecule has 112 valence electrons. The summed E-state index contributed by atoms with van der Waals surface area (Å²) < 4.78 is 5.83. The van der Waals surface area contributed by atoms with Gasteiger partial charge in [0.2, 0.25) is 0 Å². The molecule has 22 heavy (non-hydrogen) atoms. The summed E-state index contributed by atoms with van der Waals surface area (Å²) in [6.45, 7) is 1.26. The average Bonchev–Trinajstić information content (AvgIpc) is 3.06. The number of hydrogen-bond donors (Lipinski definition) is 1. The smallest absolute Gasteiger partial charge is 0.182 e. The lowest BCUT2D eigenvalue weighted by molar-refractivity contribution is 0.306. The van der Waals surface area contributed by atoms with Crippen LogP contribution in [-0.2, 0) is 13.2 Å². The molecule has 0 fully saturated rings. The number of aromatic nitrogens is 1. The van der Waals surface area contributed by atoms with Crippen LogP contribution in [0.2, 0.25) is 5.02 Å². The second kappa shape index (κ2) is 7.29. The second-order valence-electron chi connectivity index (χ2n) is 4.75. The lowest BCUT2D eigenvalue weighted by Crippen LogP contribution is -2.00. The van der Waals surface area contributed by atoms with Gasteiger partial charge in [-0.2, -0.15) is 0 Å². The van der Waals surface area contributed by atoms with Gasteiger partial charge in [-0.3, -0.25) is 0 Å². The molecule has 0 aliphatic rings. The van der Waals surface area contributed by atoms with E-state index in [1.165, 1.54) is 0 Å². The Kier molecular flexibility index (Phi) is 4.93. The van der Waals surface area contributed by atoms with Crippen LogP contribution in [0.1, 0.15) is 11.1 Å². The molecule has 2 aromatic carbocycles. The summed E-state index contributed by atoms with van der Waals surface area (Å²) in [4.78, 5) is 4.20. The van der Waals surface area contributed by atoms with Crippen LogP contribution in [0.4, 0.5) is 5.13 Å². The summed E-state index contributed by atoms with van der Waals surface area (Å²) in [6.07, 6.45) is 1.79. The molecule has 0 saturated heterocycles. The normalized spacial score (nSPS) is 10.4. The summed E-state index contributed by atoms with van der Waals surface area (Å²) in [6, 6.07) is 15.7. The maximum Gasteiger partial charge on any atom is 0.182 e. The molecule has 3 nitrogen and oxygen atoms in total. The van der Waals surface area contributed by atoms with Gasteiger partial charge in [0.25, 0.3) is 0 Å². The van der Waals surface area contributed by atoms with Gasteiger partial charge in [-0.1, -0.05) is 35.9 Å². The lowest BCUT2D eigenvalue weighted by atomic mass is 10.2. The summed E-state index contributed by atoms with van der Waals surface area (Å²) in [7, 11) is 0. The van der Waals surface area contributed by atoms with Crippen molar-refractivity contribution in [3.63, 3.8) is 0 Å². The van der Waals surface area contributed by atoms with Crippen LogP contribution in [0.15, 0.2) is 60.1 Å². The van der Waals surface area contributed by atoms with Gasteiger partial charge in [0.05, 0.1) is 0 Å². The van der Waals surface area contributed by atoms with Gasteiger partial charge >= 0.3 is 0 Å². The highest BCUT2D eigenvalue weighted by molar-refractivity contribution is 7.13. The van der Waals surface area contributed by atoms with E-state index in [0.717, 1.165) is 33.6 Å². The Bertz CT molecular complexity index is 714. The fourth-order valence-corrected chi connectivity index (χ4v) is 2.63. The topological polar surface area (TPSA) is 34.1 Å². The molecule has 0 aliphatic heterocycles. The van der Waals surface area contributed by atoms with Crippen molar-refractivity contribution in [1.82, 2.24) is 4.98 Å². The zero-order valence-electron chi connectivity index (χ0n) is 11.8. The Morgan fingerprint density at radius 3 is 2.73 bits per heavy atom. The van der Waals surface area contributed by atoms with Crippen LogP contribution in [-0.4, -0.2) is 4.98 Å². The van der Waals surface area contributed by atoms with E-state index in [1.54, 1.807) is 17.5 Å². The highest BCUT2D eigenvalue weighted by Crippen LogP contribution is 2.18. The van der Waals surface area contributed by atoms with Crippen molar-refractivity contribution in [2.45, 2.75) is 13.2 Å². The number of benzene rings is 2. The largest absolute Gasteiger partial charge is 0.489 e. The molecule has 1 heterocycles. The Morgan fingerprint density at radius 2 is 1.95 bits per heavy atom. The molecule has 0 radical (unpaired) electrons. The van der Waals surface area contributed by atoms with Gasteiger partial charge in [0.1, 0.15) is 12.4 Å². The molecule has 1 N–H and O–H groups in total. The molecule has 0 bridgehead atoms. The van der Waals surface area contributed by atoms with E-state index in [0.29, 0.717) is 6.61 Å². The minimum absolute atomic E-state index is 0.528. The van der Waals surface area contributed by atoms with E-state index in [1.807, 2.05) is 47.8 Å². The standard InChI is InChI=1S/C17H15ClN2OS/c18-15-6-4-13(5-7-15)12-21-16-3-1-2-14(10-16)11-20-17-19-8-9-22-17/h1-10H,11-12H2,(H,19,20). The fourth-order valence-electron chi connectivity index (χ4n) is 1.98. The number of halogens is 1. The zero-order chi connectivity index (χ0) is 15.2. The number of nitrogens with zero attached hydrogens (tertiary/aromatic N) is 1. The first-order valence-electron chi connectivity index (χ1n) is 6.89. The predicted molar refractivity (Wildman–Crippen MR) is 91.7 cm³/mol. The Hall–Kier alpha value is -2.04. The van der Waals surface area contributed by atoms with Gasteiger partial charge in [-0.05, 0) is 35.4 Å². The van der Waals surface area contributed by atoms with Crippen LogP contribution in [0, 0.1) is 0 Å². The molecule has 0 atom stereocenters. The van der Waals surface area contributed by atoms with Crippen molar-refractivity contribution in [1.29, 1.82) is 0 Å². The molecule has 1 aromatic heterocycles. The highest BCUT2D eigenvalue weighted by Gasteiger charge is 2.00. The molecule has 3 rings (SSSR count). The minimum Gasteiger partial charge on any atom is -0.489 e. The molecule has 3 aromatic rings. The lowest BCUT2D eigenvalue weighted by Gasteiger charge is -2.09. The molecule has 0 saturated carbocycles. The van der Waals surface area contributed by atoms with Gasteiger partial charge in [-0.15, -0.1) is 11.3 Å². The molecule has 0 spiro atoms. The molecule has 0 unspecified atom stereocenters. The zero-order valence-corrected chi connectivity index (χ0v) is 13.4. The van der Waals surface area contributed by atoms with Gasteiger partial charge < -0.3 is 10.1 Å². The monoisotopic (exact) mass is 330 g/mol. The average molecular weight is 331 g/mol. The highest BCUT2D eigenvalue weighted by atomic mass is 35.5. The quantitative estimate of drug-likeness (QED) is 0.691. The minimum atomic E-state index is 0.528. The summed E-state index contributed by atoms with van der Waals surface area (Å²) >= 11 is 7.47. The SMILES string of the molecule is Clc1ccc(COc2cccc(CNc3nccs3)c2)cc1. The third-order valence-electron chi connectivity index (χ3n) is 3.09. The van der Waals surface area contributed by atoms with Crippen molar-refractivity contribution >= 4 is 28.1 Å². The number of ether oxygens (including phenoxy) is 1. The van der Waals surface area contributed by atoms with Gasteiger partial charge in [0.15, 0.2) is 5.13 Å². The Balaban J connectivity index is 1.57. The first kappa shape index (κ1) is 14.9. The van der Waals surface area contributed by atoms with E-state index in [2.05, 4.69) is 16.4 Å². The molecular formula is C17H15ClN2OS. The van der Waals surface area contributed by atoms with Crippen molar-refractivity contribution in [2.24, 2.45) is 0 Å². The Morgan fingerprint density at radius 1 is 1.09 bits per heavy atom. The van der Waals surface area contributed by atoms with Crippen LogP contribution in [0.3, 0.4) is 0 Å². The molecule has 5 heteroatoms. The Labute approximate surface area is 138 Å². The van der Waals surface area contributed by atoms with E-state index in [9.17, 15) is 0 Å². The summed E-state index contributed by atoms with van der Waals surface area (Å²) in [5, 5.41) is 6.90. The van der Waals surface area contributed by atoms with Crippen molar-refractivity contribution in [3.8, 4) is 5.75 Å². The van der Waals surface area contributed by atoms with E-state index < -0.39 is 0 Å². The van der Waals surface area contributed by atoms with E-state index in [4.69, 9.17) is 16.3 Å². The first-order chi connectivity index (χ1) is 10.8. The molecule has 0 amide bonds. The second-order valence-corrected chi connectivity index (χ2v) is 6.08. The first-order valence-corrected chi connectivity index (χ1v) is 8.15. The van der Waals surface area contributed by atoms with Crippen molar-refractivity contribution in [2.75, 3.05) is 5.32 Å². The van der Waals surface area contributed by atoms with Crippen LogP contribution in [0.5, 0.6) is 5.75 Å². The number of thiazole rings is 1. The summed E-state index contributed by atoms with van der Waals surface area (Å²) in [5.41, 5.74) is 2.25. The predicted octanol–water partition coefficient (Wildman–Crippen LogP) is 4.99. The van der Waals surface area contributed by atoms with Crippen LogP contribution < -0.4 is 10.1 Å². The van der Waals surface area contributed by atoms with E-state index >= 15 is 0 Å². The van der Waals surface area contributed by atoms with E-state index in [-0.39, 0.29) is 0 Å². The third-order valence-corrected chi connectivity index (χ3v) is 4.08. The van der Waals surface area contributed by atoms with Crippen molar-refractivity contribution < 1.29 is 4.74 Å². The maximum absolute atomic E-state index is 5.87. The van der Waals surface area contributed by atoms with Gasteiger partial charge in [-0.25, -0.2) is 4.98 Å². The van der Waals surface area contributed by atoms with Crippen LogP contribution >= 0.6 is 22.9 Å². The molecular weight excluding hydrogens is 316 g/mol. The number of hydrogen-bond acceptors (Lipinski definition) is 4. The van der Waals surface area contributed by atoms with Crippen LogP contribution in [0.25, 0.3) is 0 Å². The third kappa shape index (κ3) is 4.23. The number of anilines is 1. The van der Waals surface area contributed by atoms with Gasteiger partial charge in [0, 0.05) is 23.1 Å². The number of rotatable bonds is 6. The van der Waals surface area contributed by atoms with Crippen molar-refractivity contribution in [3.05, 3.63) is 76.3 Å². The maximum atomic E-state index is 5.87. The fraction of sp³-hybridized carbons (Fsp3) is 0.118.